The number of para-hydroxylation sites is 1. The normalized spacial score (nSPS) is 14.6. The number of halogens is 1. The van der Waals surface area contributed by atoms with E-state index in [1.165, 1.54) is 35.9 Å². The Kier molecular flexibility index (Phi) is 9.26. The molecule has 2 heterocycles. The van der Waals surface area contributed by atoms with Crippen LogP contribution in [-0.4, -0.2) is 66.6 Å². The molecule has 1 aliphatic rings. The fourth-order valence-corrected chi connectivity index (χ4v) is 6.93. The lowest BCUT2D eigenvalue weighted by Crippen LogP contribution is -2.33. The standard InChI is InChI=1S/C31H37FN4O3S/c1-34(27-11-5-6-12-27)18-20-39-21-19-35(22-25-10-9-17-33-31(25)32)23-26-24-36(30-16-8-7-15-29(26)30)40(37,38)28-13-3-2-4-14-28/h2-4,7-10,13-17,24,27H,5-6,11-12,18-23H2,1H3. The summed E-state index contributed by atoms with van der Waals surface area (Å²) in [5.41, 5.74) is 1.95. The summed E-state index contributed by atoms with van der Waals surface area (Å²) in [5.74, 6) is -0.499. The van der Waals surface area contributed by atoms with E-state index < -0.39 is 16.0 Å². The summed E-state index contributed by atoms with van der Waals surface area (Å²) in [7, 11) is -1.62. The zero-order valence-corrected chi connectivity index (χ0v) is 23.8. The number of hydrogen-bond acceptors (Lipinski definition) is 6. The van der Waals surface area contributed by atoms with Gasteiger partial charge in [0.25, 0.3) is 10.0 Å². The first kappa shape index (κ1) is 28.4. The van der Waals surface area contributed by atoms with Crippen LogP contribution in [0.3, 0.4) is 0 Å². The molecule has 1 saturated carbocycles. The number of rotatable bonds is 13. The lowest BCUT2D eigenvalue weighted by molar-refractivity contribution is 0.0760. The van der Waals surface area contributed by atoms with Crippen LogP contribution in [0.15, 0.2) is 84.0 Å². The topological polar surface area (TPSA) is 67.7 Å². The minimum Gasteiger partial charge on any atom is -0.379 e. The molecule has 0 N–H and O–H groups in total. The van der Waals surface area contributed by atoms with Crippen molar-refractivity contribution >= 4 is 20.9 Å². The van der Waals surface area contributed by atoms with E-state index >= 15 is 0 Å². The third kappa shape index (κ3) is 6.61. The molecule has 4 aromatic rings. The average molecular weight is 565 g/mol. The number of pyridine rings is 1. The van der Waals surface area contributed by atoms with Crippen LogP contribution in [0, 0.1) is 5.95 Å². The first-order chi connectivity index (χ1) is 19.4. The van der Waals surface area contributed by atoms with Gasteiger partial charge in [-0.1, -0.05) is 55.3 Å². The highest BCUT2D eigenvalue weighted by Crippen LogP contribution is 2.27. The molecule has 9 heteroatoms. The van der Waals surface area contributed by atoms with Gasteiger partial charge in [-0.3, -0.25) is 4.90 Å². The molecule has 0 radical (unpaired) electrons. The molecule has 0 spiro atoms. The van der Waals surface area contributed by atoms with Gasteiger partial charge in [0, 0.05) is 55.6 Å². The van der Waals surface area contributed by atoms with Crippen molar-refractivity contribution in [1.29, 1.82) is 0 Å². The Labute approximate surface area is 236 Å². The number of benzene rings is 2. The van der Waals surface area contributed by atoms with Gasteiger partial charge in [0.05, 0.1) is 23.6 Å². The smallest absolute Gasteiger partial charge is 0.268 e. The monoisotopic (exact) mass is 564 g/mol. The Morgan fingerprint density at radius 3 is 2.40 bits per heavy atom. The van der Waals surface area contributed by atoms with Crippen LogP contribution in [0.2, 0.25) is 0 Å². The molecule has 0 amide bonds. The summed E-state index contributed by atoms with van der Waals surface area (Å²) in [6.07, 6.45) is 8.26. The Morgan fingerprint density at radius 2 is 1.62 bits per heavy atom. The molecule has 0 atom stereocenters. The van der Waals surface area contributed by atoms with Crippen molar-refractivity contribution in [2.75, 3.05) is 33.4 Å². The third-order valence-electron chi connectivity index (χ3n) is 7.77. The highest BCUT2D eigenvalue weighted by atomic mass is 32.2. The summed E-state index contributed by atoms with van der Waals surface area (Å²) in [5, 5.41) is 0.845. The predicted molar refractivity (Wildman–Crippen MR) is 155 cm³/mol. The summed E-state index contributed by atoms with van der Waals surface area (Å²) in [6, 6.07) is 20.0. The van der Waals surface area contributed by atoms with E-state index in [9.17, 15) is 12.8 Å². The minimum atomic E-state index is -3.79. The molecular weight excluding hydrogens is 527 g/mol. The van der Waals surface area contributed by atoms with Crippen LogP contribution in [-0.2, 0) is 27.8 Å². The number of aromatic nitrogens is 2. The molecule has 0 aliphatic heterocycles. The molecular formula is C31H37FN4O3S. The maximum atomic E-state index is 14.5. The quantitative estimate of drug-likeness (QED) is 0.162. The summed E-state index contributed by atoms with van der Waals surface area (Å²) in [4.78, 5) is 8.51. The van der Waals surface area contributed by atoms with E-state index in [-0.39, 0.29) is 4.90 Å². The summed E-state index contributed by atoms with van der Waals surface area (Å²) in [6.45, 7) is 3.32. The van der Waals surface area contributed by atoms with E-state index in [1.807, 2.05) is 24.3 Å². The van der Waals surface area contributed by atoms with Crippen molar-refractivity contribution in [3.63, 3.8) is 0 Å². The molecule has 212 valence electrons. The number of nitrogens with zero attached hydrogens (tertiary/aromatic N) is 4. The van der Waals surface area contributed by atoms with Crippen LogP contribution in [0.4, 0.5) is 4.39 Å². The van der Waals surface area contributed by atoms with Gasteiger partial charge in [-0.2, -0.15) is 4.39 Å². The molecule has 0 unspecified atom stereocenters. The Morgan fingerprint density at radius 1 is 0.925 bits per heavy atom. The highest BCUT2D eigenvalue weighted by molar-refractivity contribution is 7.90. The van der Waals surface area contributed by atoms with Crippen molar-refractivity contribution in [3.8, 4) is 0 Å². The van der Waals surface area contributed by atoms with Crippen molar-refractivity contribution in [2.24, 2.45) is 0 Å². The lowest BCUT2D eigenvalue weighted by Gasteiger charge is -2.25. The largest absolute Gasteiger partial charge is 0.379 e. The SMILES string of the molecule is CN(CCOCCN(Cc1cccnc1F)Cc1cn(S(=O)(=O)c2ccccc2)c2ccccc12)C1CCCC1. The van der Waals surface area contributed by atoms with E-state index in [2.05, 4.69) is 21.8 Å². The highest BCUT2D eigenvalue weighted by Gasteiger charge is 2.23. The number of fused-ring (bicyclic) bond motifs is 1. The lowest BCUT2D eigenvalue weighted by atomic mass is 10.1. The summed E-state index contributed by atoms with van der Waals surface area (Å²) >= 11 is 0. The van der Waals surface area contributed by atoms with Crippen LogP contribution >= 0.6 is 0 Å². The average Bonchev–Trinajstić information content (AvgIpc) is 3.64. The third-order valence-corrected chi connectivity index (χ3v) is 9.46. The second-order valence-corrected chi connectivity index (χ2v) is 12.3. The Balaban J connectivity index is 1.34. The first-order valence-electron chi connectivity index (χ1n) is 13.9. The van der Waals surface area contributed by atoms with Gasteiger partial charge in [0.2, 0.25) is 5.95 Å². The molecule has 7 nitrogen and oxygen atoms in total. The first-order valence-corrected chi connectivity index (χ1v) is 15.4. The van der Waals surface area contributed by atoms with Crippen molar-refractivity contribution < 1.29 is 17.5 Å². The van der Waals surface area contributed by atoms with Crippen molar-refractivity contribution in [3.05, 3.63) is 96.2 Å². The van der Waals surface area contributed by atoms with Gasteiger partial charge >= 0.3 is 0 Å². The second-order valence-electron chi connectivity index (χ2n) is 10.5. The molecule has 5 rings (SSSR count). The van der Waals surface area contributed by atoms with E-state index in [0.717, 1.165) is 17.5 Å². The van der Waals surface area contributed by atoms with Gasteiger partial charge in [-0.25, -0.2) is 17.4 Å². The maximum absolute atomic E-state index is 14.5. The van der Waals surface area contributed by atoms with Crippen LogP contribution in [0.1, 0.15) is 36.8 Å². The molecule has 1 fully saturated rings. The number of likely N-dealkylation sites (N-methyl/N-ethyl adjacent to an activating group) is 1. The Hall–Kier alpha value is -3.11. The van der Waals surface area contributed by atoms with Gasteiger partial charge in [0.15, 0.2) is 0 Å². The number of hydrogen-bond donors (Lipinski definition) is 0. The minimum absolute atomic E-state index is 0.229. The Bertz CT molecular complexity index is 1500. The van der Waals surface area contributed by atoms with Gasteiger partial charge < -0.3 is 9.64 Å². The fraction of sp³-hybridized carbons (Fsp3) is 0.387. The molecule has 1 aliphatic carbocycles. The maximum Gasteiger partial charge on any atom is 0.268 e. The van der Waals surface area contributed by atoms with Gasteiger partial charge in [-0.05, 0) is 49.7 Å². The molecule has 40 heavy (non-hydrogen) atoms. The number of ether oxygens (including phenoxy) is 1. The van der Waals surface area contributed by atoms with Crippen molar-refractivity contribution in [2.45, 2.75) is 49.7 Å². The van der Waals surface area contributed by atoms with Crippen LogP contribution in [0.25, 0.3) is 10.9 Å². The zero-order valence-electron chi connectivity index (χ0n) is 23.0. The second kappa shape index (κ2) is 13.0. The van der Waals surface area contributed by atoms with E-state index in [1.54, 1.807) is 48.7 Å². The fourth-order valence-electron chi connectivity index (χ4n) is 5.51. The predicted octanol–water partition coefficient (Wildman–Crippen LogP) is 5.31. The molecule has 0 bridgehead atoms. The molecule has 0 saturated heterocycles. The summed E-state index contributed by atoms with van der Waals surface area (Å²) < 4.78 is 49.0. The van der Waals surface area contributed by atoms with Gasteiger partial charge in [-0.15, -0.1) is 0 Å². The zero-order chi connectivity index (χ0) is 28.0. The molecule has 2 aromatic heterocycles. The van der Waals surface area contributed by atoms with Gasteiger partial charge in [0.1, 0.15) is 0 Å². The van der Waals surface area contributed by atoms with Crippen LogP contribution < -0.4 is 0 Å². The van der Waals surface area contributed by atoms with Crippen molar-refractivity contribution in [1.82, 2.24) is 18.8 Å². The van der Waals surface area contributed by atoms with E-state index in [4.69, 9.17) is 4.74 Å². The van der Waals surface area contributed by atoms with Crippen LogP contribution in [0.5, 0.6) is 0 Å². The molecule has 2 aromatic carbocycles. The van der Waals surface area contributed by atoms with E-state index in [0.29, 0.717) is 50.0 Å².